The van der Waals surface area contributed by atoms with Crippen LogP contribution >= 0.6 is 0 Å². The van der Waals surface area contributed by atoms with Crippen molar-refractivity contribution in [1.29, 1.82) is 5.26 Å². The normalized spacial score (nSPS) is 11.4. The van der Waals surface area contributed by atoms with Crippen LogP contribution in [-0.2, 0) is 7.05 Å². The Balaban J connectivity index is 1.29. The van der Waals surface area contributed by atoms with Crippen LogP contribution in [0.2, 0.25) is 0 Å². The largest absolute Gasteiger partial charge is 0.505 e. The molecule has 7 aromatic rings. The van der Waals surface area contributed by atoms with Crippen molar-refractivity contribution in [2.24, 2.45) is 17.3 Å². The van der Waals surface area contributed by atoms with Gasteiger partial charge >= 0.3 is 0 Å². The standard InChI is InChI=1S/C32H21N9O2/c1-40-26-10-5-4-9-23(26)24-12-11-21(16-27(24)40)37-31(43)28-22-8-3-2-7-19(22)15-25(29(28)42)38-39-30-20(17-33)18-36-41(30)32-34-13-6-14-35-32/h2-16,18,42H,1H3,(H,37,43)/b39-38+. The molecule has 0 saturated carbocycles. The average Bonchev–Trinajstić information content (AvgIpc) is 3.58. The molecule has 0 spiro atoms. The molecule has 0 aliphatic heterocycles. The summed E-state index contributed by atoms with van der Waals surface area (Å²) in [5.41, 5.74) is 2.84. The number of nitrogens with zero attached hydrogens (tertiary/aromatic N) is 8. The van der Waals surface area contributed by atoms with Crippen LogP contribution in [-0.4, -0.2) is 35.3 Å². The molecule has 0 aliphatic rings. The lowest BCUT2D eigenvalue weighted by Crippen LogP contribution is -2.13. The number of amides is 1. The lowest BCUT2D eigenvalue weighted by atomic mass is 10.0. The Hall–Kier alpha value is -6.41. The Kier molecular flexibility index (Phi) is 6.07. The molecule has 3 aromatic heterocycles. The van der Waals surface area contributed by atoms with Gasteiger partial charge in [0.1, 0.15) is 17.3 Å². The second-order valence-corrected chi connectivity index (χ2v) is 9.76. The number of aryl methyl sites for hydroxylation is 1. The summed E-state index contributed by atoms with van der Waals surface area (Å²) >= 11 is 0. The number of nitriles is 1. The smallest absolute Gasteiger partial charge is 0.260 e. The minimum atomic E-state index is -0.510. The number of nitrogens with one attached hydrogen (secondary N) is 1. The van der Waals surface area contributed by atoms with Gasteiger partial charge < -0.3 is 15.0 Å². The van der Waals surface area contributed by atoms with Gasteiger partial charge in [0.2, 0.25) is 0 Å². The molecule has 0 fully saturated rings. The third-order valence-electron chi connectivity index (χ3n) is 7.26. The molecule has 1 amide bonds. The van der Waals surface area contributed by atoms with E-state index in [-0.39, 0.29) is 34.3 Å². The number of para-hydroxylation sites is 1. The number of anilines is 1. The monoisotopic (exact) mass is 563 g/mol. The Bertz CT molecular complexity index is 2280. The molecule has 11 nitrogen and oxygen atoms in total. The van der Waals surface area contributed by atoms with Crippen LogP contribution in [0.3, 0.4) is 0 Å². The molecule has 0 unspecified atom stereocenters. The Morgan fingerprint density at radius 2 is 1.65 bits per heavy atom. The van der Waals surface area contributed by atoms with Crippen molar-refractivity contribution in [3.63, 3.8) is 0 Å². The zero-order valence-corrected chi connectivity index (χ0v) is 22.7. The molecule has 206 valence electrons. The van der Waals surface area contributed by atoms with E-state index in [4.69, 9.17) is 0 Å². The van der Waals surface area contributed by atoms with Crippen molar-refractivity contribution in [1.82, 2.24) is 24.3 Å². The van der Waals surface area contributed by atoms with Crippen LogP contribution in [0.15, 0.2) is 108 Å². The highest BCUT2D eigenvalue weighted by Crippen LogP contribution is 2.39. The molecule has 0 saturated heterocycles. The minimum Gasteiger partial charge on any atom is -0.505 e. The molecule has 4 aromatic carbocycles. The van der Waals surface area contributed by atoms with Gasteiger partial charge in [-0.05, 0) is 41.1 Å². The van der Waals surface area contributed by atoms with E-state index in [1.807, 2.05) is 55.6 Å². The van der Waals surface area contributed by atoms with Crippen LogP contribution < -0.4 is 5.32 Å². The molecule has 0 bridgehead atoms. The number of hydrogen-bond acceptors (Lipinski definition) is 8. The van der Waals surface area contributed by atoms with Gasteiger partial charge in [0.25, 0.3) is 11.9 Å². The van der Waals surface area contributed by atoms with Crippen molar-refractivity contribution in [3.8, 4) is 17.8 Å². The first-order valence-electron chi connectivity index (χ1n) is 13.2. The van der Waals surface area contributed by atoms with Crippen molar-refractivity contribution in [2.45, 2.75) is 0 Å². The fourth-order valence-corrected chi connectivity index (χ4v) is 5.23. The fourth-order valence-electron chi connectivity index (χ4n) is 5.23. The number of aromatic nitrogens is 5. The quantitative estimate of drug-likeness (QED) is 0.223. The Morgan fingerprint density at radius 1 is 0.907 bits per heavy atom. The van der Waals surface area contributed by atoms with Gasteiger partial charge in [0, 0.05) is 41.4 Å². The van der Waals surface area contributed by atoms with E-state index in [9.17, 15) is 15.2 Å². The molecule has 3 heterocycles. The number of hydrogen-bond donors (Lipinski definition) is 2. The number of phenols is 1. The van der Waals surface area contributed by atoms with Crippen molar-refractivity contribution in [2.75, 3.05) is 5.32 Å². The van der Waals surface area contributed by atoms with Crippen LogP contribution in [0.1, 0.15) is 15.9 Å². The highest BCUT2D eigenvalue weighted by Gasteiger charge is 2.21. The molecule has 0 atom stereocenters. The molecular formula is C32H21N9O2. The van der Waals surface area contributed by atoms with E-state index < -0.39 is 5.91 Å². The van der Waals surface area contributed by atoms with Gasteiger partial charge in [-0.1, -0.05) is 48.5 Å². The zero-order chi connectivity index (χ0) is 29.5. The first-order valence-corrected chi connectivity index (χ1v) is 13.2. The van der Waals surface area contributed by atoms with E-state index in [0.29, 0.717) is 16.5 Å². The Labute approximate surface area is 244 Å². The van der Waals surface area contributed by atoms with Crippen molar-refractivity contribution in [3.05, 3.63) is 109 Å². The van der Waals surface area contributed by atoms with Crippen LogP contribution in [0.5, 0.6) is 5.75 Å². The summed E-state index contributed by atoms with van der Waals surface area (Å²) in [6.07, 6.45) is 4.40. The third kappa shape index (κ3) is 4.30. The molecule has 0 aliphatic carbocycles. The van der Waals surface area contributed by atoms with E-state index in [0.717, 1.165) is 21.8 Å². The summed E-state index contributed by atoms with van der Waals surface area (Å²) in [5.74, 6) is -0.588. The maximum atomic E-state index is 13.7. The number of rotatable bonds is 5. The maximum absolute atomic E-state index is 13.7. The number of azo groups is 1. The lowest BCUT2D eigenvalue weighted by molar-refractivity contribution is 0.102. The number of carbonyl (C=O) groups is 1. The Morgan fingerprint density at radius 3 is 2.47 bits per heavy atom. The zero-order valence-electron chi connectivity index (χ0n) is 22.7. The topological polar surface area (TPSA) is 146 Å². The number of aromatic hydroxyl groups is 1. The summed E-state index contributed by atoms with van der Waals surface area (Å²) < 4.78 is 3.35. The van der Waals surface area contributed by atoms with Crippen LogP contribution in [0, 0.1) is 11.3 Å². The first-order chi connectivity index (χ1) is 21.0. The molecule has 7 rings (SSSR count). The molecule has 0 radical (unpaired) electrons. The molecular weight excluding hydrogens is 542 g/mol. The van der Waals surface area contributed by atoms with E-state index in [1.165, 1.54) is 23.3 Å². The van der Waals surface area contributed by atoms with Gasteiger partial charge in [-0.15, -0.1) is 10.2 Å². The number of fused-ring (bicyclic) bond motifs is 4. The maximum Gasteiger partial charge on any atom is 0.260 e. The predicted octanol–water partition coefficient (Wildman–Crippen LogP) is 6.71. The van der Waals surface area contributed by atoms with Gasteiger partial charge in [-0.25, -0.2) is 9.97 Å². The second-order valence-electron chi connectivity index (χ2n) is 9.76. The summed E-state index contributed by atoms with van der Waals surface area (Å²) in [6, 6.07) is 26.3. The second kappa shape index (κ2) is 10.2. The van der Waals surface area contributed by atoms with Crippen molar-refractivity contribution < 1.29 is 9.90 Å². The summed E-state index contributed by atoms with van der Waals surface area (Å²) in [6.45, 7) is 0. The van der Waals surface area contributed by atoms with Gasteiger partial charge in [-0.2, -0.15) is 15.0 Å². The third-order valence-corrected chi connectivity index (χ3v) is 7.26. The number of carbonyl (C=O) groups excluding carboxylic acids is 1. The molecule has 11 heteroatoms. The highest BCUT2D eigenvalue weighted by atomic mass is 16.3. The van der Waals surface area contributed by atoms with Crippen molar-refractivity contribution >= 4 is 55.7 Å². The minimum absolute atomic E-state index is 0.0404. The average molecular weight is 564 g/mol. The molecule has 2 N–H and O–H groups in total. The summed E-state index contributed by atoms with van der Waals surface area (Å²) in [7, 11) is 1.98. The molecule has 43 heavy (non-hydrogen) atoms. The van der Waals surface area contributed by atoms with E-state index >= 15 is 0 Å². The number of phenolic OH excluding ortho intramolecular Hbond substituents is 1. The van der Waals surface area contributed by atoms with Crippen LogP contribution in [0.25, 0.3) is 38.5 Å². The van der Waals surface area contributed by atoms with E-state index in [1.54, 1.807) is 24.3 Å². The summed E-state index contributed by atoms with van der Waals surface area (Å²) in [5, 5.41) is 40.0. The van der Waals surface area contributed by atoms with Gasteiger partial charge in [0.15, 0.2) is 11.6 Å². The lowest BCUT2D eigenvalue weighted by Gasteiger charge is -2.12. The predicted molar refractivity (Wildman–Crippen MR) is 162 cm³/mol. The first kappa shape index (κ1) is 25.6. The fraction of sp³-hybridized carbons (Fsp3) is 0.0312. The highest BCUT2D eigenvalue weighted by molar-refractivity contribution is 6.17. The van der Waals surface area contributed by atoms with Gasteiger partial charge in [-0.3, -0.25) is 4.79 Å². The summed E-state index contributed by atoms with van der Waals surface area (Å²) in [4.78, 5) is 22.1. The van der Waals surface area contributed by atoms with Gasteiger partial charge in [0.05, 0.1) is 17.3 Å². The SMILES string of the molecule is Cn1c2ccccc2c2ccc(NC(=O)c3c(O)c(/N=N/c4c(C#N)cnn4-c4ncccn4)cc4ccccc34)cc21. The van der Waals surface area contributed by atoms with Crippen LogP contribution in [0.4, 0.5) is 17.2 Å². The number of benzene rings is 4. The van der Waals surface area contributed by atoms with E-state index in [2.05, 4.69) is 47.3 Å².